The first kappa shape index (κ1) is 23.1. The number of fused-ring (bicyclic) bond motifs is 1. The minimum Gasteiger partial charge on any atom is -0.503 e. The molecule has 0 radical (unpaired) electrons. The molecule has 3 aromatic carbocycles. The number of hydrogen-bond donors (Lipinski definition) is 1. The van der Waals surface area contributed by atoms with E-state index in [0.29, 0.717) is 17.2 Å². The Bertz CT molecular complexity index is 1500. The molecule has 1 aromatic heterocycles. The minimum absolute atomic E-state index is 0.00616. The number of aryl methyl sites for hydroxylation is 1. The van der Waals surface area contributed by atoms with Crippen molar-refractivity contribution in [2.45, 2.75) is 32.7 Å². The van der Waals surface area contributed by atoms with Gasteiger partial charge in [-0.25, -0.2) is 0 Å². The summed E-state index contributed by atoms with van der Waals surface area (Å²) in [7, 11) is 0. The Kier molecular flexibility index (Phi) is 5.85. The lowest BCUT2D eigenvalue weighted by Gasteiger charge is -2.27. The third kappa shape index (κ3) is 4.08. The molecule has 0 spiro atoms. The molecule has 1 atom stereocenters. The van der Waals surface area contributed by atoms with Gasteiger partial charge < -0.3 is 9.52 Å². The second kappa shape index (κ2) is 8.86. The molecular formula is C29H24BrNO4. The molecule has 5 nitrogen and oxygen atoms in total. The number of furan rings is 1. The fraction of sp³-hybridized carbons (Fsp3) is 0.172. The summed E-state index contributed by atoms with van der Waals surface area (Å²) >= 11 is 3.43. The highest BCUT2D eigenvalue weighted by Gasteiger charge is 2.45. The molecule has 1 N–H and O–H groups in total. The highest BCUT2D eigenvalue weighted by molar-refractivity contribution is 9.10. The number of hydrogen-bond acceptors (Lipinski definition) is 4. The van der Waals surface area contributed by atoms with Crippen molar-refractivity contribution in [3.8, 4) is 0 Å². The van der Waals surface area contributed by atoms with Crippen LogP contribution in [0.15, 0.2) is 93.0 Å². The maximum absolute atomic E-state index is 13.7. The smallest absolute Gasteiger partial charge is 0.294 e. The zero-order valence-electron chi connectivity index (χ0n) is 19.6. The summed E-state index contributed by atoms with van der Waals surface area (Å²) < 4.78 is 6.68. The molecule has 4 aromatic rings. The van der Waals surface area contributed by atoms with E-state index in [-0.39, 0.29) is 11.3 Å². The molecule has 1 unspecified atom stereocenters. The summed E-state index contributed by atoms with van der Waals surface area (Å²) in [6.45, 7) is 6.15. The summed E-state index contributed by atoms with van der Waals surface area (Å²) in [6.07, 6.45) is 0. The number of benzene rings is 3. The highest BCUT2D eigenvalue weighted by atomic mass is 79.9. The number of ketones is 1. The Morgan fingerprint density at radius 2 is 1.77 bits per heavy atom. The second-order valence-electron chi connectivity index (χ2n) is 9.12. The summed E-state index contributed by atoms with van der Waals surface area (Å²) in [6, 6.07) is 21.6. The first-order valence-electron chi connectivity index (χ1n) is 11.4. The van der Waals surface area contributed by atoms with Gasteiger partial charge in [0.2, 0.25) is 5.78 Å². The zero-order chi connectivity index (χ0) is 24.9. The SMILES string of the molecule is Cc1cccc(C2C(C(=O)c3cc4cc(Br)ccc4o3)=C(O)C(=O)N2c2ccc(C(C)C)cc2)c1. The molecule has 0 aliphatic carbocycles. The van der Waals surface area contributed by atoms with Crippen LogP contribution in [0.25, 0.3) is 11.0 Å². The number of aliphatic hydroxyl groups excluding tert-OH is 1. The molecule has 1 aliphatic rings. The first-order chi connectivity index (χ1) is 16.7. The summed E-state index contributed by atoms with van der Waals surface area (Å²) in [4.78, 5) is 28.6. The summed E-state index contributed by atoms with van der Waals surface area (Å²) in [5.74, 6) is -1.28. The summed E-state index contributed by atoms with van der Waals surface area (Å²) in [5, 5.41) is 11.8. The van der Waals surface area contributed by atoms with Gasteiger partial charge in [0.1, 0.15) is 5.58 Å². The van der Waals surface area contributed by atoms with Crippen molar-refractivity contribution >= 4 is 44.3 Å². The number of halogens is 1. The second-order valence-corrected chi connectivity index (χ2v) is 10.0. The number of Topliss-reactive ketones (excluding diaryl/α,β-unsaturated/α-hetero) is 1. The Morgan fingerprint density at radius 3 is 2.46 bits per heavy atom. The van der Waals surface area contributed by atoms with E-state index in [4.69, 9.17) is 4.42 Å². The number of rotatable bonds is 5. The average molecular weight is 530 g/mol. The molecule has 2 heterocycles. The first-order valence-corrected chi connectivity index (χ1v) is 12.2. The molecule has 5 rings (SSSR count). The molecule has 1 aliphatic heterocycles. The van der Waals surface area contributed by atoms with E-state index in [1.54, 1.807) is 12.1 Å². The van der Waals surface area contributed by atoms with Crippen molar-refractivity contribution < 1.29 is 19.1 Å². The zero-order valence-corrected chi connectivity index (χ0v) is 21.2. The molecule has 1 amide bonds. The molecular weight excluding hydrogens is 506 g/mol. The van der Waals surface area contributed by atoms with Gasteiger partial charge in [-0.15, -0.1) is 0 Å². The van der Waals surface area contributed by atoms with E-state index >= 15 is 0 Å². The van der Waals surface area contributed by atoms with Crippen LogP contribution in [0.4, 0.5) is 5.69 Å². The molecule has 176 valence electrons. The van der Waals surface area contributed by atoms with Crippen molar-refractivity contribution in [1.29, 1.82) is 0 Å². The van der Waals surface area contributed by atoms with Gasteiger partial charge in [-0.05, 0) is 60.4 Å². The monoisotopic (exact) mass is 529 g/mol. The number of aliphatic hydroxyl groups is 1. The van der Waals surface area contributed by atoms with Crippen LogP contribution in [0.1, 0.15) is 53.1 Å². The molecule has 6 heteroatoms. The maximum atomic E-state index is 13.7. The van der Waals surface area contributed by atoms with E-state index in [1.807, 2.05) is 67.6 Å². The fourth-order valence-electron chi connectivity index (χ4n) is 4.54. The van der Waals surface area contributed by atoms with Gasteiger partial charge in [-0.3, -0.25) is 14.5 Å². The van der Waals surface area contributed by atoms with Crippen molar-refractivity contribution in [2.75, 3.05) is 4.90 Å². The van der Waals surface area contributed by atoms with Crippen LogP contribution < -0.4 is 4.90 Å². The van der Waals surface area contributed by atoms with Gasteiger partial charge in [0.25, 0.3) is 5.91 Å². The Labute approximate surface area is 211 Å². The molecule has 0 saturated heterocycles. The van der Waals surface area contributed by atoms with Crippen LogP contribution in [0.3, 0.4) is 0 Å². The topological polar surface area (TPSA) is 70.7 Å². The van der Waals surface area contributed by atoms with Gasteiger partial charge in [0.15, 0.2) is 11.5 Å². The van der Waals surface area contributed by atoms with Gasteiger partial charge in [-0.2, -0.15) is 0 Å². The Balaban J connectivity index is 1.64. The highest BCUT2D eigenvalue weighted by Crippen LogP contribution is 2.42. The molecule has 0 saturated carbocycles. The largest absolute Gasteiger partial charge is 0.503 e. The number of carbonyl (C=O) groups is 2. The van der Waals surface area contributed by atoms with E-state index in [2.05, 4.69) is 29.8 Å². The van der Waals surface area contributed by atoms with Crippen molar-refractivity contribution in [3.05, 3.63) is 111 Å². The Morgan fingerprint density at radius 1 is 1.03 bits per heavy atom. The molecule has 0 fully saturated rings. The maximum Gasteiger partial charge on any atom is 0.294 e. The number of amides is 1. The van der Waals surface area contributed by atoms with Crippen LogP contribution in [-0.2, 0) is 4.79 Å². The minimum atomic E-state index is -0.792. The lowest BCUT2D eigenvalue weighted by Crippen LogP contribution is -2.31. The van der Waals surface area contributed by atoms with E-state index in [9.17, 15) is 14.7 Å². The van der Waals surface area contributed by atoms with Crippen molar-refractivity contribution in [2.24, 2.45) is 0 Å². The Hall–Kier alpha value is -3.64. The van der Waals surface area contributed by atoms with Gasteiger partial charge >= 0.3 is 0 Å². The van der Waals surface area contributed by atoms with Crippen LogP contribution in [0.5, 0.6) is 0 Å². The lowest BCUT2D eigenvalue weighted by atomic mass is 9.93. The van der Waals surface area contributed by atoms with Crippen LogP contribution in [0, 0.1) is 6.92 Å². The van der Waals surface area contributed by atoms with Gasteiger partial charge in [-0.1, -0.05) is 71.7 Å². The third-order valence-corrected chi connectivity index (χ3v) is 6.84. The van der Waals surface area contributed by atoms with Crippen molar-refractivity contribution in [3.63, 3.8) is 0 Å². The van der Waals surface area contributed by atoms with Crippen molar-refractivity contribution in [1.82, 2.24) is 0 Å². The van der Waals surface area contributed by atoms with Gasteiger partial charge in [0.05, 0.1) is 11.6 Å². The quantitative estimate of drug-likeness (QED) is 0.273. The number of anilines is 1. The van der Waals surface area contributed by atoms with E-state index in [1.165, 1.54) is 4.90 Å². The van der Waals surface area contributed by atoms with E-state index < -0.39 is 23.5 Å². The van der Waals surface area contributed by atoms with Crippen LogP contribution >= 0.6 is 15.9 Å². The lowest BCUT2D eigenvalue weighted by molar-refractivity contribution is -0.117. The predicted molar refractivity (Wildman–Crippen MR) is 140 cm³/mol. The third-order valence-electron chi connectivity index (χ3n) is 6.35. The van der Waals surface area contributed by atoms with E-state index in [0.717, 1.165) is 26.5 Å². The van der Waals surface area contributed by atoms with Gasteiger partial charge in [0, 0.05) is 15.5 Å². The average Bonchev–Trinajstić information content (AvgIpc) is 3.37. The normalized spacial score (nSPS) is 16.1. The number of nitrogens with zero attached hydrogens (tertiary/aromatic N) is 1. The van der Waals surface area contributed by atoms with Crippen LogP contribution in [-0.4, -0.2) is 16.8 Å². The van der Waals surface area contributed by atoms with Crippen LogP contribution in [0.2, 0.25) is 0 Å². The molecule has 35 heavy (non-hydrogen) atoms. The fourth-order valence-corrected chi connectivity index (χ4v) is 4.92. The standard InChI is InChI=1S/C29H24BrNO4/c1-16(2)18-7-10-22(11-8-18)31-26(19-6-4-5-17(3)13-19)25(28(33)29(31)34)27(32)24-15-20-14-21(30)9-12-23(20)35-24/h4-16,26,33H,1-3H3. The summed E-state index contributed by atoms with van der Waals surface area (Å²) in [5.41, 5.74) is 4.01. The predicted octanol–water partition coefficient (Wildman–Crippen LogP) is 7.41. The molecule has 0 bridgehead atoms. The number of carbonyl (C=O) groups excluding carboxylic acids is 2.